The number of benzene rings is 2. The van der Waals surface area contributed by atoms with E-state index in [1.54, 1.807) is 7.11 Å². The van der Waals surface area contributed by atoms with Gasteiger partial charge in [-0.05, 0) is 38.5 Å². The molecule has 2 aromatic heterocycles. The number of ether oxygens (including phenoxy) is 1. The average molecular weight is 451 g/mol. The van der Waals surface area contributed by atoms with E-state index in [9.17, 15) is 0 Å². The summed E-state index contributed by atoms with van der Waals surface area (Å²) in [6.07, 6.45) is 3.64. The van der Waals surface area contributed by atoms with Crippen LogP contribution in [0.3, 0.4) is 0 Å². The highest BCUT2D eigenvalue weighted by molar-refractivity contribution is 6.33. The number of halogens is 1. The molecule has 0 saturated carbocycles. The summed E-state index contributed by atoms with van der Waals surface area (Å²) >= 11 is 6.46. The maximum Gasteiger partial charge on any atom is 0.157 e. The van der Waals surface area contributed by atoms with Gasteiger partial charge >= 0.3 is 0 Å². The van der Waals surface area contributed by atoms with Crippen LogP contribution in [0.1, 0.15) is 19.4 Å². The quantitative estimate of drug-likeness (QED) is 0.466. The summed E-state index contributed by atoms with van der Waals surface area (Å²) in [6.45, 7) is 8.27. The summed E-state index contributed by atoms with van der Waals surface area (Å²) in [4.78, 5) is 11.7. The molecule has 8 heteroatoms. The van der Waals surface area contributed by atoms with Gasteiger partial charge in [0.05, 0.1) is 47.1 Å². The van der Waals surface area contributed by atoms with Crippen molar-refractivity contribution in [2.24, 2.45) is 0 Å². The number of aryl methyl sites for hydroxylation is 1. The standard InChI is InChI=1S/C24H27ClN6O/c1-14-6-5-7-17(25)23(14)29-24-21-10-26-13-31(21)19-9-20(22(32-4)8-18(19)28-24)30-11-15(2)27-16(3)12-30/h5-10,13,15-16,27H,11-12H2,1-4H3,(H,28,29)/t15-,16+. The number of methoxy groups -OCH3 is 1. The predicted molar refractivity (Wildman–Crippen MR) is 131 cm³/mol. The van der Waals surface area contributed by atoms with E-state index in [2.05, 4.69) is 44.8 Å². The normalized spacial score (nSPS) is 19.0. The van der Waals surface area contributed by atoms with Gasteiger partial charge in [-0.1, -0.05) is 23.7 Å². The van der Waals surface area contributed by atoms with Gasteiger partial charge in [0, 0.05) is 31.2 Å². The van der Waals surface area contributed by atoms with E-state index < -0.39 is 0 Å². The van der Waals surface area contributed by atoms with Crippen LogP contribution in [0, 0.1) is 6.92 Å². The van der Waals surface area contributed by atoms with Crippen molar-refractivity contribution in [1.29, 1.82) is 0 Å². The average Bonchev–Trinajstić information content (AvgIpc) is 3.25. The minimum Gasteiger partial charge on any atom is -0.495 e. The zero-order valence-electron chi connectivity index (χ0n) is 18.7. The van der Waals surface area contributed by atoms with Crippen molar-refractivity contribution >= 4 is 45.3 Å². The largest absolute Gasteiger partial charge is 0.495 e. The number of nitrogens with one attached hydrogen (secondary N) is 2. The van der Waals surface area contributed by atoms with Crippen LogP contribution in [-0.4, -0.2) is 46.7 Å². The number of aromatic nitrogens is 3. The van der Waals surface area contributed by atoms with E-state index in [4.69, 9.17) is 21.3 Å². The molecule has 2 N–H and O–H groups in total. The van der Waals surface area contributed by atoms with Gasteiger partial charge in [0.25, 0.3) is 0 Å². The summed E-state index contributed by atoms with van der Waals surface area (Å²) in [7, 11) is 1.71. The van der Waals surface area contributed by atoms with Crippen molar-refractivity contribution in [3.63, 3.8) is 0 Å². The molecule has 0 radical (unpaired) electrons. The van der Waals surface area contributed by atoms with E-state index in [0.717, 1.165) is 52.3 Å². The first-order valence-electron chi connectivity index (χ1n) is 10.8. The molecule has 2 aromatic carbocycles. The van der Waals surface area contributed by atoms with Gasteiger partial charge in [-0.3, -0.25) is 4.40 Å². The Hall–Kier alpha value is -3.03. The molecule has 0 unspecified atom stereocenters. The van der Waals surface area contributed by atoms with E-state index >= 15 is 0 Å². The van der Waals surface area contributed by atoms with Gasteiger partial charge in [0.15, 0.2) is 5.82 Å². The Morgan fingerprint density at radius 1 is 1.16 bits per heavy atom. The molecular formula is C24H27ClN6O. The van der Waals surface area contributed by atoms with Crippen molar-refractivity contribution in [3.05, 3.63) is 53.4 Å². The second-order valence-corrected chi connectivity index (χ2v) is 8.96. The molecule has 1 aliphatic rings. The fourth-order valence-corrected chi connectivity index (χ4v) is 4.87. The van der Waals surface area contributed by atoms with E-state index in [1.807, 2.05) is 43.7 Å². The van der Waals surface area contributed by atoms with Gasteiger partial charge in [0.1, 0.15) is 11.3 Å². The zero-order chi connectivity index (χ0) is 22.4. The van der Waals surface area contributed by atoms with Crippen LogP contribution in [-0.2, 0) is 0 Å². The van der Waals surface area contributed by atoms with Crippen LogP contribution in [0.25, 0.3) is 16.6 Å². The number of nitrogens with zero attached hydrogens (tertiary/aromatic N) is 4. The number of fused-ring (bicyclic) bond motifs is 3. The highest BCUT2D eigenvalue weighted by atomic mass is 35.5. The molecule has 2 atom stereocenters. The predicted octanol–water partition coefficient (Wildman–Crippen LogP) is 4.78. The number of para-hydroxylation sites is 1. The zero-order valence-corrected chi connectivity index (χ0v) is 19.4. The number of hydrogen-bond acceptors (Lipinski definition) is 6. The van der Waals surface area contributed by atoms with Crippen molar-refractivity contribution in [1.82, 2.24) is 19.7 Å². The minimum absolute atomic E-state index is 0.399. The van der Waals surface area contributed by atoms with E-state index in [0.29, 0.717) is 22.9 Å². The molecule has 3 heterocycles. The maximum absolute atomic E-state index is 6.46. The Labute approximate surface area is 192 Å². The van der Waals surface area contributed by atoms with Gasteiger partial charge in [-0.2, -0.15) is 0 Å². The lowest BCUT2D eigenvalue weighted by Gasteiger charge is -2.38. The van der Waals surface area contributed by atoms with E-state index in [1.165, 1.54) is 0 Å². The highest BCUT2D eigenvalue weighted by Gasteiger charge is 2.24. The Morgan fingerprint density at radius 3 is 2.66 bits per heavy atom. The summed E-state index contributed by atoms with van der Waals surface area (Å²) < 4.78 is 7.86. The summed E-state index contributed by atoms with van der Waals surface area (Å²) in [6, 6.07) is 10.8. The number of imidazole rings is 1. The fourth-order valence-electron chi connectivity index (χ4n) is 4.60. The number of rotatable bonds is 4. The van der Waals surface area contributed by atoms with Crippen LogP contribution in [0.15, 0.2) is 42.9 Å². The molecule has 7 nitrogen and oxygen atoms in total. The van der Waals surface area contributed by atoms with Crippen molar-refractivity contribution in [2.75, 3.05) is 30.4 Å². The number of hydrogen-bond donors (Lipinski definition) is 2. The van der Waals surface area contributed by atoms with Crippen LogP contribution >= 0.6 is 11.6 Å². The van der Waals surface area contributed by atoms with E-state index in [-0.39, 0.29) is 0 Å². The molecule has 0 bridgehead atoms. The summed E-state index contributed by atoms with van der Waals surface area (Å²) in [5, 5.41) is 7.67. The highest BCUT2D eigenvalue weighted by Crippen LogP contribution is 2.36. The van der Waals surface area contributed by atoms with Crippen LogP contribution < -0.4 is 20.3 Å². The lowest BCUT2D eigenvalue weighted by atomic mass is 10.1. The Kier molecular flexibility index (Phi) is 5.31. The summed E-state index contributed by atoms with van der Waals surface area (Å²) in [5.74, 6) is 1.51. The maximum atomic E-state index is 6.46. The Bertz CT molecular complexity index is 1270. The second-order valence-electron chi connectivity index (χ2n) is 8.55. The number of anilines is 3. The Balaban J connectivity index is 1.66. The summed E-state index contributed by atoms with van der Waals surface area (Å²) in [5.41, 5.74) is 5.64. The first-order valence-corrected chi connectivity index (χ1v) is 11.2. The molecule has 4 aromatic rings. The van der Waals surface area contributed by atoms with Gasteiger partial charge in [0.2, 0.25) is 0 Å². The fraction of sp³-hybridized carbons (Fsp3) is 0.333. The lowest BCUT2D eigenvalue weighted by molar-refractivity contribution is 0.391. The smallest absolute Gasteiger partial charge is 0.157 e. The minimum atomic E-state index is 0.399. The molecule has 0 aliphatic carbocycles. The van der Waals surface area contributed by atoms with Crippen molar-refractivity contribution in [3.8, 4) is 5.75 Å². The topological polar surface area (TPSA) is 66.7 Å². The molecule has 1 aliphatic heterocycles. The first kappa shape index (κ1) is 20.8. The number of piperazine rings is 1. The third-order valence-electron chi connectivity index (χ3n) is 6.01. The lowest BCUT2D eigenvalue weighted by Crippen LogP contribution is -2.54. The molecule has 32 heavy (non-hydrogen) atoms. The van der Waals surface area contributed by atoms with Crippen LogP contribution in [0.5, 0.6) is 5.75 Å². The van der Waals surface area contributed by atoms with Crippen molar-refractivity contribution in [2.45, 2.75) is 32.9 Å². The van der Waals surface area contributed by atoms with Gasteiger partial charge in [-0.25, -0.2) is 9.97 Å². The van der Waals surface area contributed by atoms with Gasteiger partial charge in [-0.15, -0.1) is 0 Å². The van der Waals surface area contributed by atoms with Crippen LogP contribution in [0.2, 0.25) is 5.02 Å². The molecular weight excluding hydrogens is 424 g/mol. The van der Waals surface area contributed by atoms with Gasteiger partial charge < -0.3 is 20.3 Å². The molecule has 166 valence electrons. The molecule has 1 saturated heterocycles. The molecule has 0 amide bonds. The second kappa shape index (κ2) is 8.15. The van der Waals surface area contributed by atoms with Crippen LogP contribution in [0.4, 0.5) is 17.2 Å². The third-order valence-corrected chi connectivity index (χ3v) is 6.33. The molecule has 5 rings (SSSR count). The Morgan fingerprint density at radius 2 is 1.94 bits per heavy atom. The third kappa shape index (κ3) is 3.61. The van der Waals surface area contributed by atoms with Crippen molar-refractivity contribution < 1.29 is 4.74 Å². The molecule has 1 fully saturated rings. The SMILES string of the molecule is COc1cc2nc(Nc3c(C)cccc3Cl)c3cncn3c2cc1N1C[C@@H](C)N[C@@H](C)C1. The molecule has 0 spiro atoms. The monoisotopic (exact) mass is 450 g/mol. The first-order chi connectivity index (χ1) is 15.4.